The van der Waals surface area contributed by atoms with Gasteiger partial charge in [-0.05, 0) is 51.4 Å². The number of fused-ring (bicyclic) bond motifs is 2. The summed E-state index contributed by atoms with van der Waals surface area (Å²) < 4.78 is 18.3. The maximum atomic E-state index is 11.6. The lowest BCUT2D eigenvalue weighted by atomic mass is 9.63. The van der Waals surface area contributed by atoms with Gasteiger partial charge in [0.15, 0.2) is 0 Å². The molecule has 0 aromatic heterocycles. The lowest BCUT2D eigenvalue weighted by molar-refractivity contribution is -0.161. The van der Waals surface area contributed by atoms with Crippen molar-refractivity contribution in [1.82, 2.24) is 0 Å². The van der Waals surface area contributed by atoms with Crippen LogP contribution in [0.15, 0.2) is 0 Å². The molecule has 1 N–H and O–H groups in total. The normalized spacial score (nSPS) is 37.3. The monoisotopic (exact) mass is 344 g/mol. The predicted molar refractivity (Wildman–Crippen MR) is 94.2 cm³/mol. The minimum Gasteiger partial charge on any atom is -0.387 e. The summed E-state index contributed by atoms with van der Waals surface area (Å²) in [6.45, 7) is 16.0. The van der Waals surface area contributed by atoms with Gasteiger partial charge >= 0.3 is 8.80 Å². The summed E-state index contributed by atoms with van der Waals surface area (Å²) in [5.41, 5.74) is -0.773. The molecule has 0 aromatic carbocycles. The van der Waals surface area contributed by atoms with Crippen LogP contribution in [0.2, 0.25) is 6.04 Å². The van der Waals surface area contributed by atoms with Crippen molar-refractivity contribution in [3.8, 4) is 0 Å². The molecule has 4 unspecified atom stereocenters. The van der Waals surface area contributed by atoms with E-state index in [9.17, 15) is 5.11 Å². The zero-order valence-electron chi connectivity index (χ0n) is 16.1. The highest BCUT2D eigenvalue weighted by Gasteiger charge is 2.70. The third kappa shape index (κ3) is 2.73. The van der Waals surface area contributed by atoms with Crippen LogP contribution in [-0.4, -0.2) is 38.8 Å². The Morgan fingerprint density at radius 1 is 1.13 bits per heavy atom. The van der Waals surface area contributed by atoms with Gasteiger partial charge in [0.2, 0.25) is 0 Å². The first kappa shape index (κ1) is 19.4. The second-order valence-corrected chi connectivity index (χ2v) is 11.0. The van der Waals surface area contributed by atoms with Gasteiger partial charge < -0.3 is 18.4 Å². The first-order valence-corrected chi connectivity index (χ1v) is 11.2. The van der Waals surface area contributed by atoms with E-state index in [0.717, 1.165) is 18.9 Å². The van der Waals surface area contributed by atoms with Gasteiger partial charge in [0.25, 0.3) is 0 Å². The fourth-order valence-electron chi connectivity index (χ4n) is 5.15. The molecule has 0 aromatic rings. The Morgan fingerprint density at radius 2 is 1.70 bits per heavy atom. The summed E-state index contributed by atoms with van der Waals surface area (Å²) in [6, 6.07) is 0.735. The average molecular weight is 345 g/mol. The van der Waals surface area contributed by atoms with Crippen molar-refractivity contribution < 1.29 is 18.4 Å². The van der Waals surface area contributed by atoms with E-state index in [4.69, 9.17) is 13.3 Å². The zero-order chi connectivity index (χ0) is 17.5. The van der Waals surface area contributed by atoms with Crippen LogP contribution >= 0.6 is 0 Å². The number of rotatable bonds is 8. The molecule has 2 aliphatic rings. The minimum absolute atomic E-state index is 0.115. The summed E-state index contributed by atoms with van der Waals surface area (Å²) in [6.07, 6.45) is 2.83. The molecule has 4 nitrogen and oxygen atoms in total. The number of hydrogen-bond donors (Lipinski definition) is 1. The third-order valence-electron chi connectivity index (χ3n) is 7.14. The van der Waals surface area contributed by atoms with Crippen LogP contribution in [0.3, 0.4) is 0 Å². The highest BCUT2D eigenvalue weighted by molar-refractivity contribution is 6.60. The number of aliphatic hydroxyl groups is 1. The fraction of sp³-hybridized carbons (Fsp3) is 1.00. The SMILES string of the molecule is CCO[Si](CC)(OCC)OC(C)C1(O)CC2CCC1(C)C2(C)C. The Kier molecular flexibility index (Phi) is 5.40. The molecule has 0 radical (unpaired) electrons. The molecular formula is C18H36O4Si. The quantitative estimate of drug-likeness (QED) is 0.676. The van der Waals surface area contributed by atoms with Crippen LogP contribution in [0, 0.1) is 16.7 Å². The molecule has 136 valence electrons. The molecule has 2 aliphatic carbocycles. The highest BCUT2D eigenvalue weighted by Crippen LogP contribution is 2.70. The van der Waals surface area contributed by atoms with Crippen molar-refractivity contribution in [2.45, 2.75) is 85.5 Å². The van der Waals surface area contributed by atoms with E-state index >= 15 is 0 Å². The topological polar surface area (TPSA) is 47.9 Å². The van der Waals surface area contributed by atoms with Crippen LogP contribution in [0.25, 0.3) is 0 Å². The van der Waals surface area contributed by atoms with Crippen molar-refractivity contribution in [1.29, 1.82) is 0 Å². The maximum Gasteiger partial charge on any atom is 0.500 e. The van der Waals surface area contributed by atoms with Crippen molar-refractivity contribution in [3.05, 3.63) is 0 Å². The molecule has 2 bridgehead atoms. The highest BCUT2D eigenvalue weighted by atomic mass is 28.4. The molecule has 0 heterocycles. The summed E-state index contributed by atoms with van der Waals surface area (Å²) in [7, 11) is -2.71. The predicted octanol–water partition coefficient (Wildman–Crippen LogP) is 4.00. The largest absolute Gasteiger partial charge is 0.500 e. The van der Waals surface area contributed by atoms with Crippen LogP contribution in [0.4, 0.5) is 0 Å². The van der Waals surface area contributed by atoms with Gasteiger partial charge in [-0.3, -0.25) is 0 Å². The van der Waals surface area contributed by atoms with Crippen molar-refractivity contribution >= 4 is 8.80 Å². The molecule has 2 saturated carbocycles. The smallest absolute Gasteiger partial charge is 0.387 e. The van der Waals surface area contributed by atoms with Gasteiger partial charge in [-0.2, -0.15) is 0 Å². The summed E-state index contributed by atoms with van der Waals surface area (Å²) in [5.74, 6) is 0.570. The van der Waals surface area contributed by atoms with E-state index in [1.165, 1.54) is 6.42 Å². The van der Waals surface area contributed by atoms with Gasteiger partial charge in [0.1, 0.15) is 0 Å². The summed E-state index contributed by atoms with van der Waals surface area (Å²) in [5, 5.41) is 11.6. The molecule has 0 amide bonds. The average Bonchev–Trinajstić information content (AvgIpc) is 2.79. The van der Waals surface area contributed by atoms with Crippen LogP contribution in [0.1, 0.15) is 67.7 Å². The molecule has 0 aliphatic heterocycles. The van der Waals surface area contributed by atoms with Gasteiger partial charge in [-0.1, -0.05) is 27.7 Å². The lowest BCUT2D eigenvalue weighted by Gasteiger charge is -2.49. The Hall–Kier alpha value is 0.0569. The Balaban J connectivity index is 2.24. The van der Waals surface area contributed by atoms with Crippen LogP contribution in [0.5, 0.6) is 0 Å². The van der Waals surface area contributed by atoms with E-state index in [0.29, 0.717) is 19.1 Å². The van der Waals surface area contributed by atoms with Crippen LogP contribution < -0.4 is 0 Å². The minimum atomic E-state index is -2.71. The van der Waals surface area contributed by atoms with Crippen molar-refractivity contribution in [2.24, 2.45) is 16.7 Å². The Labute approximate surface area is 143 Å². The molecule has 4 atom stereocenters. The van der Waals surface area contributed by atoms with Crippen LogP contribution in [-0.2, 0) is 13.3 Å². The summed E-state index contributed by atoms with van der Waals surface area (Å²) >= 11 is 0. The molecule has 0 spiro atoms. The molecule has 2 fully saturated rings. The van der Waals surface area contributed by atoms with Crippen molar-refractivity contribution in [2.75, 3.05) is 13.2 Å². The van der Waals surface area contributed by atoms with E-state index in [1.807, 2.05) is 20.8 Å². The van der Waals surface area contributed by atoms with Gasteiger partial charge in [0.05, 0.1) is 11.7 Å². The second kappa shape index (κ2) is 6.41. The van der Waals surface area contributed by atoms with Gasteiger partial charge in [-0.15, -0.1) is 0 Å². The fourth-order valence-corrected chi connectivity index (χ4v) is 7.55. The lowest BCUT2D eigenvalue weighted by Crippen LogP contribution is -2.59. The third-order valence-corrected chi connectivity index (χ3v) is 10.2. The number of hydrogen-bond acceptors (Lipinski definition) is 4. The second-order valence-electron chi connectivity index (χ2n) is 8.08. The molecule has 23 heavy (non-hydrogen) atoms. The van der Waals surface area contributed by atoms with E-state index in [-0.39, 0.29) is 16.9 Å². The molecule has 5 heteroatoms. The maximum absolute atomic E-state index is 11.6. The molecule has 2 rings (SSSR count). The molecule has 0 saturated heterocycles. The Morgan fingerprint density at radius 3 is 2.04 bits per heavy atom. The molecular weight excluding hydrogens is 308 g/mol. The van der Waals surface area contributed by atoms with E-state index in [1.54, 1.807) is 0 Å². The summed E-state index contributed by atoms with van der Waals surface area (Å²) in [4.78, 5) is 0. The standard InChI is InChI=1S/C18H36O4Si/c1-8-20-23(10-3,21-9-2)22-14(4)18(19)13-15-11-12-17(18,7)16(15,5)6/h14-15,19H,8-13H2,1-7H3. The van der Waals surface area contributed by atoms with Gasteiger partial charge in [0, 0.05) is 24.7 Å². The van der Waals surface area contributed by atoms with Crippen molar-refractivity contribution in [3.63, 3.8) is 0 Å². The van der Waals surface area contributed by atoms with E-state index < -0.39 is 14.4 Å². The van der Waals surface area contributed by atoms with E-state index in [2.05, 4.69) is 27.7 Å². The first-order chi connectivity index (χ1) is 10.6. The zero-order valence-corrected chi connectivity index (χ0v) is 17.1. The Bertz CT molecular complexity index is 421. The first-order valence-electron chi connectivity index (χ1n) is 9.30. The van der Waals surface area contributed by atoms with Gasteiger partial charge in [-0.25, -0.2) is 0 Å².